The minimum Gasteiger partial charge on any atom is -0.507 e. The van der Waals surface area contributed by atoms with Gasteiger partial charge in [-0.1, -0.05) is 72.3 Å². The Kier molecular flexibility index (Phi) is 9.02. The lowest BCUT2D eigenvalue weighted by atomic mass is 9.95. The molecule has 1 unspecified atom stereocenters. The van der Waals surface area contributed by atoms with Gasteiger partial charge in [-0.3, -0.25) is 14.5 Å². The summed E-state index contributed by atoms with van der Waals surface area (Å²) >= 11 is 8.56. The van der Waals surface area contributed by atoms with E-state index in [1.807, 2.05) is 0 Å². The van der Waals surface area contributed by atoms with Gasteiger partial charge in [0.2, 0.25) is 5.13 Å². The minimum atomic E-state index is -0.969. The molecular formula is C30H25ClFN3O4S2. The molecule has 1 aliphatic heterocycles. The zero-order valence-corrected chi connectivity index (χ0v) is 24.3. The largest absolute Gasteiger partial charge is 0.507 e. The first kappa shape index (κ1) is 28.8. The second-order valence-electron chi connectivity index (χ2n) is 9.22. The van der Waals surface area contributed by atoms with Crippen LogP contribution in [0.5, 0.6) is 5.75 Å². The Hall–Kier alpha value is -3.73. The summed E-state index contributed by atoms with van der Waals surface area (Å²) in [5.74, 6) is -1.19. The highest BCUT2D eigenvalue weighted by atomic mass is 35.5. The number of halogens is 2. The topological polar surface area (TPSA) is 92.6 Å². The number of thioether (sulfide) groups is 1. The highest BCUT2D eigenvalue weighted by molar-refractivity contribution is 8.00. The molecule has 11 heteroatoms. The van der Waals surface area contributed by atoms with Crippen molar-refractivity contribution in [3.05, 3.63) is 106 Å². The molecule has 1 aliphatic rings. The molecule has 0 saturated carbocycles. The van der Waals surface area contributed by atoms with E-state index < -0.39 is 17.7 Å². The highest BCUT2D eigenvalue weighted by Crippen LogP contribution is 2.44. The maximum atomic E-state index is 13.5. The van der Waals surface area contributed by atoms with Gasteiger partial charge in [-0.2, -0.15) is 0 Å². The van der Waals surface area contributed by atoms with E-state index in [-0.39, 0.29) is 22.3 Å². The molecule has 7 nitrogen and oxygen atoms in total. The van der Waals surface area contributed by atoms with Crippen molar-refractivity contribution in [3.63, 3.8) is 0 Å². The van der Waals surface area contributed by atoms with Gasteiger partial charge in [-0.05, 0) is 66.1 Å². The molecule has 0 spiro atoms. The molecule has 1 amide bonds. The standard InChI is InChI=1S/C30H25ClFN3O4S2/c1-2-3-15-39-23-6-4-5-20(16-23)25-24(26(36)19-9-11-21(31)12-10-19)27(37)28(38)35(25)29-33-34-30(41-29)40-17-18-7-13-22(32)14-8-18/h4-14,16,25,36H,2-3,15,17H2,1H3/b26-24+. The molecule has 3 aromatic carbocycles. The van der Waals surface area contributed by atoms with Crippen molar-refractivity contribution in [2.24, 2.45) is 0 Å². The van der Waals surface area contributed by atoms with E-state index in [4.69, 9.17) is 16.3 Å². The van der Waals surface area contributed by atoms with Gasteiger partial charge in [0.15, 0.2) is 4.34 Å². The summed E-state index contributed by atoms with van der Waals surface area (Å²) in [6.07, 6.45) is 1.85. The number of aromatic nitrogens is 2. The molecule has 0 radical (unpaired) electrons. The summed E-state index contributed by atoms with van der Waals surface area (Å²) in [6.45, 7) is 2.59. The van der Waals surface area contributed by atoms with Crippen molar-refractivity contribution in [3.8, 4) is 5.75 Å². The average molecular weight is 610 g/mol. The Morgan fingerprint density at radius 2 is 1.85 bits per heavy atom. The lowest BCUT2D eigenvalue weighted by Crippen LogP contribution is -2.29. The van der Waals surface area contributed by atoms with E-state index in [1.54, 1.807) is 60.7 Å². The lowest BCUT2D eigenvalue weighted by Gasteiger charge is -2.23. The van der Waals surface area contributed by atoms with E-state index in [1.165, 1.54) is 28.8 Å². The van der Waals surface area contributed by atoms with Crippen LogP contribution in [0.4, 0.5) is 9.52 Å². The maximum absolute atomic E-state index is 13.5. The molecule has 5 rings (SSSR count). The Morgan fingerprint density at radius 3 is 2.59 bits per heavy atom. The van der Waals surface area contributed by atoms with Gasteiger partial charge >= 0.3 is 5.91 Å². The molecule has 2 heterocycles. The molecule has 0 aliphatic carbocycles. The van der Waals surface area contributed by atoms with Crippen LogP contribution in [-0.2, 0) is 15.3 Å². The third kappa shape index (κ3) is 6.45. The van der Waals surface area contributed by atoms with E-state index in [0.717, 1.165) is 29.7 Å². The molecule has 1 saturated heterocycles. The number of carbonyl (C=O) groups excluding carboxylic acids is 2. The third-order valence-electron chi connectivity index (χ3n) is 6.38. The quantitative estimate of drug-likeness (QED) is 0.0499. The van der Waals surface area contributed by atoms with Gasteiger partial charge in [0.05, 0.1) is 18.2 Å². The van der Waals surface area contributed by atoms with Crippen LogP contribution in [0.2, 0.25) is 5.02 Å². The van der Waals surface area contributed by atoms with Gasteiger partial charge in [0, 0.05) is 16.3 Å². The van der Waals surface area contributed by atoms with Crippen LogP contribution in [0.15, 0.2) is 82.7 Å². The van der Waals surface area contributed by atoms with Crippen LogP contribution in [0.1, 0.15) is 42.5 Å². The van der Waals surface area contributed by atoms with Gasteiger partial charge < -0.3 is 9.84 Å². The predicted molar refractivity (Wildman–Crippen MR) is 159 cm³/mol. The third-order valence-corrected chi connectivity index (χ3v) is 8.76. The number of aliphatic hydroxyl groups is 1. The minimum absolute atomic E-state index is 0.0706. The van der Waals surface area contributed by atoms with E-state index in [0.29, 0.717) is 38.6 Å². The number of carbonyl (C=O) groups is 2. The Bertz CT molecular complexity index is 1590. The maximum Gasteiger partial charge on any atom is 0.301 e. The van der Waals surface area contributed by atoms with Crippen molar-refractivity contribution in [2.45, 2.75) is 35.9 Å². The summed E-state index contributed by atoms with van der Waals surface area (Å²) in [6, 6.07) is 18.7. The number of hydrogen-bond donors (Lipinski definition) is 1. The predicted octanol–water partition coefficient (Wildman–Crippen LogP) is 7.43. The summed E-state index contributed by atoms with van der Waals surface area (Å²) < 4.78 is 19.7. The summed E-state index contributed by atoms with van der Waals surface area (Å²) in [5.41, 5.74) is 1.75. The molecule has 1 atom stereocenters. The molecule has 41 heavy (non-hydrogen) atoms. The average Bonchev–Trinajstić information content (AvgIpc) is 3.55. The number of ether oxygens (including phenoxy) is 1. The Morgan fingerprint density at radius 1 is 1.10 bits per heavy atom. The first-order valence-corrected chi connectivity index (χ1v) is 15.0. The van der Waals surface area contributed by atoms with Crippen LogP contribution in [0, 0.1) is 5.82 Å². The molecular weight excluding hydrogens is 585 g/mol. The van der Waals surface area contributed by atoms with E-state index in [2.05, 4.69) is 17.1 Å². The number of unbranched alkanes of at least 4 members (excludes halogenated alkanes) is 1. The fraction of sp³-hybridized carbons (Fsp3) is 0.200. The number of amides is 1. The zero-order chi connectivity index (χ0) is 28.9. The first-order valence-electron chi connectivity index (χ1n) is 12.9. The van der Waals surface area contributed by atoms with Crippen LogP contribution in [0.25, 0.3) is 5.76 Å². The number of anilines is 1. The van der Waals surface area contributed by atoms with Crippen molar-refractivity contribution < 1.29 is 23.8 Å². The number of Topliss-reactive ketones (excluding diaryl/α,β-unsaturated/α-hetero) is 1. The number of nitrogens with zero attached hydrogens (tertiary/aromatic N) is 3. The van der Waals surface area contributed by atoms with Crippen LogP contribution in [0.3, 0.4) is 0 Å². The Balaban J connectivity index is 1.53. The van der Waals surface area contributed by atoms with Crippen molar-refractivity contribution in [1.29, 1.82) is 0 Å². The fourth-order valence-corrected chi connectivity index (χ4v) is 6.25. The number of benzene rings is 3. The fourth-order valence-electron chi connectivity index (χ4n) is 4.30. The lowest BCUT2D eigenvalue weighted by molar-refractivity contribution is -0.132. The molecule has 1 aromatic heterocycles. The number of rotatable bonds is 10. The zero-order valence-electron chi connectivity index (χ0n) is 21.9. The van der Waals surface area contributed by atoms with Crippen LogP contribution in [-0.4, -0.2) is 33.6 Å². The molecule has 4 aromatic rings. The number of hydrogen-bond acceptors (Lipinski definition) is 8. The number of ketones is 1. The van der Waals surface area contributed by atoms with E-state index in [9.17, 15) is 19.1 Å². The van der Waals surface area contributed by atoms with Crippen LogP contribution < -0.4 is 9.64 Å². The van der Waals surface area contributed by atoms with Gasteiger partial charge in [-0.25, -0.2) is 4.39 Å². The van der Waals surface area contributed by atoms with Crippen LogP contribution >= 0.6 is 34.7 Å². The Labute approximate surface area is 249 Å². The molecule has 210 valence electrons. The molecule has 1 N–H and O–H groups in total. The normalized spacial score (nSPS) is 16.4. The van der Waals surface area contributed by atoms with Crippen molar-refractivity contribution >= 4 is 57.3 Å². The summed E-state index contributed by atoms with van der Waals surface area (Å²) in [5, 5.41) is 20.5. The van der Waals surface area contributed by atoms with Gasteiger partial charge in [-0.15, -0.1) is 10.2 Å². The van der Waals surface area contributed by atoms with Gasteiger partial charge in [0.25, 0.3) is 5.78 Å². The second-order valence-corrected chi connectivity index (χ2v) is 11.8. The van der Waals surface area contributed by atoms with Gasteiger partial charge in [0.1, 0.15) is 17.3 Å². The smallest absolute Gasteiger partial charge is 0.301 e. The second kappa shape index (κ2) is 12.8. The summed E-state index contributed by atoms with van der Waals surface area (Å²) in [7, 11) is 0. The monoisotopic (exact) mass is 609 g/mol. The SMILES string of the molecule is CCCCOc1cccc(C2/C(=C(\O)c3ccc(Cl)cc3)C(=O)C(=O)N2c2nnc(SCc3ccc(F)cc3)s2)c1. The highest BCUT2D eigenvalue weighted by Gasteiger charge is 2.48. The number of aliphatic hydroxyl groups excluding tert-OH is 1. The molecule has 1 fully saturated rings. The van der Waals surface area contributed by atoms with Crippen molar-refractivity contribution in [2.75, 3.05) is 11.5 Å². The van der Waals surface area contributed by atoms with Crippen molar-refractivity contribution in [1.82, 2.24) is 10.2 Å². The van der Waals surface area contributed by atoms with E-state index >= 15 is 0 Å². The summed E-state index contributed by atoms with van der Waals surface area (Å²) in [4.78, 5) is 28.2. The first-order chi connectivity index (χ1) is 19.9. The molecule has 0 bridgehead atoms.